The number of hydrogen-bond donors (Lipinski definition) is 0. The van der Waals surface area contributed by atoms with E-state index in [4.69, 9.17) is 12.2 Å². The molecule has 0 aromatic rings. The van der Waals surface area contributed by atoms with Crippen LogP contribution in [0.15, 0.2) is 20.1 Å². The fraction of sp³-hybridized carbons (Fsp3) is 0.462. The third-order valence-corrected chi connectivity index (χ3v) is 6.09. The lowest BCUT2D eigenvalue weighted by Gasteiger charge is -2.35. The van der Waals surface area contributed by atoms with Crippen molar-refractivity contribution in [1.29, 1.82) is 0 Å². The zero-order valence-corrected chi connectivity index (χ0v) is 14.1. The van der Waals surface area contributed by atoms with Gasteiger partial charge in [-0.25, -0.2) is 0 Å². The zero-order chi connectivity index (χ0) is 14.9. The lowest BCUT2D eigenvalue weighted by molar-refractivity contribution is -0.133. The Morgan fingerprint density at radius 1 is 1.10 bits per heavy atom. The summed E-state index contributed by atoms with van der Waals surface area (Å²) in [6, 6.07) is 0. The molecule has 0 spiro atoms. The van der Waals surface area contributed by atoms with Crippen LogP contribution in [0.4, 0.5) is 0 Å². The molecular weight excluding hydrogens is 312 g/mol. The van der Waals surface area contributed by atoms with Crippen LogP contribution < -0.4 is 0 Å². The monoisotopic (exact) mass is 328 g/mol. The summed E-state index contributed by atoms with van der Waals surface area (Å²) in [5.41, 5.74) is 0.261. The highest BCUT2D eigenvalue weighted by molar-refractivity contribution is 8.28. The van der Waals surface area contributed by atoms with Gasteiger partial charge in [-0.1, -0.05) is 30.4 Å². The van der Waals surface area contributed by atoms with Gasteiger partial charge in [-0.3, -0.25) is 19.4 Å². The summed E-state index contributed by atoms with van der Waals surface area (Å²) in [6.45, 7) is 6.73. The van der Waals surface area contributed by atoms with E-state index in [1.54, 1.807) is 0 Å². The van der Waals surface area contributed by atoms with Crippen molar-refractivity contribution in [2.75, 3.05) is 13.1 Å². The van der Waals surface area contributed by atoms with Gasteiger partial charge in [-0.2, -0.15) is 0 Å². The van der Waals surface area contributed by atoms with E-state index < -0.39 is 0 Å². The van der Waals surface area contributed by atoms with Gasteiger partial charge in [0.2, 0.25) is 0 Å². The van der Waals surface area contributed by atoms with Gasteiger partial charge in [-0.05, 0) is 42.8 Å². The van der Waals surface area contributed by atoms with Crippen LogP contribution in [0.25, 0.3) is 0 Å². The molecule has 2 aliphatic rings. The molecule has 0 aromatic heterocycles. The van der Waals surface area contributed by atoms with Crippen molar-refractivity contribution in [1.82, 2.24) is 9.80 Å². The SMILES string of the molecule is CCC1=CSC(=C2C(=O)N(CC)C(=S)N(CC)C2=O)S1. The number of thiocarbonyl (C=S) groups is 1. The number of likely N-dealkylation sites (N-methyl/N-ethyl adjacent to an activating group) is 2. The molecule has 0 saturated carbocycles. The highest BCUT2D eigenvalue weighted by Crippen LogP contribution is 2.47. The average molecular weight is 328 g/mol. The summed E-state index contributed by atoms with van der Waals surface area (Å²) in [7, 11) is 0. The minimum atomic E-state index is -0.270. The number of amides is 2. The van der Waals surface area contributed by atoms with E-state index in [2.05, 4.69) is 6.92 Å². The molecule has 0 bridgehead atoms. The highest BCUT2D eigenvalue weighted by Gasteiger charge is 2.40. The number of carbonyl (C=O) groups excluding carboxylic acids is 2. The van der Waals surface area contributed by atoms with Gasteiger partial charge in [-0.15, -0.1) is 0 Å². The van der Waals surface area contributed by atoms with Crippen LogP contribution in [0.1, 0.15) is 27.2 Å². The molecule has 2 amide bonds. The molecule has 0 aliphatic carbocycles. The van der Waals surface area contributed by atoms with Gasteiger partial charge in [0.15, 0.2) is 5.11 Å². The van der Waals surface area contributed by atoms with E-state index in [0.29, 0.717) is 18.2 Å². The van der Waals surface area contributed by atoms with Crippen LogP contribution in [-0.2, 0) is 9.59 Å². The smallest absolute Gasteiger partial charge is 0.267 e. The summed E-state index contributed by atoms with van der Waals surface area (Å²) in [6.07, 6.45) is 0.907. The number of carbonyl (C=O) groups is 2. The fourth-order valence-corrected chi connectivity index (χ4v) is 4.74. The van der Waals surface area contributed by atoms with Crippen molar-refractivity contribution in [2.24, 2.45) is 0 Å². The van der Waals surface area contributed by atoms with Crippen LogP contribution in [0.3, 0.4) is 0 Å². The maximum Gasteiger partial charge on any atom is 0.267 e. The first-order chi connectivity index (χ1) is 9.54. The largest absolute Gasteiger partial charge is 0.285 e. The Bertz CT molecular complexity index is 512. The van der Waals surface area contributed by atoms with Crippen LogP contribution in [0.5, 0.6) is 0 Å². The molecule has 1 fully saturated rings. The molecule has 0 aromatic carbocycles. The Hall–Kier alpha value is -0.790. The van der Waals surface area contributed by atoms with Crippen LogP contribution >= 0.6 is 35.7 Å². The summed E-state index contributed by atoms with van der Waals surface area (Å²) < 4.78 is 0.774. The number of nitrogens with zero attached hydrogens (tertiary/aromatic N) is 2. The minimum absolute atomic E-state index is 0.261. The molecular formula is C13H16N2O2S3. The first-order valence-corrected chi connectivity index (χ1v) is 8.61. The normalized spacial score (nSPS) is 20.1. The van der Waals surface area contributed by atoms with Gasteiger partial charge in [0.05, 0.1) is 4.24 Å². The van der Waals surface area contributed by atoms with Crippen LogP contribution in [0, 0.1) is 0 Å². The Balaban J connectivity index is 2.42. The number of allylic oxidation sites excluding steroid dienone is 1. The van der Waals surface area contributed by atoms with Crippen molar-refractivity contribution in [3.8, 4) is 0 Å². The first kappa shape index (κ1) is 15.6. The number of hydrogen-bond acceptors (Lipinski definition) is 5. The zero-order valence-electron chi connectivity index (χ0n) is 11.6. The third kappa shape index (κ3) is 2.54. The predicted octanol–water partition coefficient (Wildman–Crippen LogP) is 2.92. The number of rotatable bonds is 3. The lowest BCUT2D eigenvalue weighted by Crippen LogP contribution is -2.56. The van der Waals surface area contributed by atoms with Crippen LogP contribution in [0.2, 0.25) is 0 Å². The van der Waals surface area contributed by atoms with E-state index in [9.17, 15) is 9.59 Å². The third-order valence-electron chi connectivity index (χ3n) is 3.09. The van der Waals surface area contributed by atoms with E-state index >= 15 is 0 Å². The molecule has 0 radical (unpaired) electrons. The molecule has 20 heavy (non-hydrogen) atoms. The Morgan fingerprint density at radius 3 is 2.05 bits per heavy atom. The second-order valence-electron chi connectivity index (χ2n) is 4.20. The molecule has 2 rings (SSSR count). The summed E-state index contributed by atoms with van der Waals surface area (Å²) in [5, 5.41) is 2.32. The first-order valence-electron chi connectivity index (χ1n) is 6.50. The molecule has 0 atom stereocenters. The number of thioether (sulfide) groups is 2. The molecule has 2 aliphatic heterocycles. The quantitative estimate of drug-likeness (QED) is 0.453. The summed E-state index contributed by atoms with van der Waals surface area (Å²) in [5.74, 6) is -0.541. The lowest BCUT2D eigenvalue weighted by atomic mass is 10.2. The minimum Gasteiger partial charge on any atom is -0.285 e. The highest BCUT2D eigenvalue weighted by atomic mass is 32.2. The van der Waals surface area contributed by atoms with E-state index in [-0.39, 0.29) is 17.4 Å². The van der Waals surface area contributed by atoms with Gasteiger partial charge in [0.25, 0.3) is 11.8 Å². The van der Waals surface area contributed by atoms with E-state index in [1.807, 2.05) is 19.3 Å². The Morgan fingerprint density at radius 2 is 1.65 bits per heavy atom. The van der Waals surface area contributed by atoms with Gasteiger partial charge in [0.1, 0.15) is 5.57 Å². The topological polar surface area (TPSA) is 40.6 Å². The maximum absolute atomic E-state index is 12.5. The van der Waals surface area contributed by atoms with Crippen molar-refractivity contribution < 1.29 is 9.59 Å². The second kappa shape index (κ2) is 6.32. The molecule has 108 valence electrons. The molecule has 0 N–H and O–H groups in total. The Labute approximate surface area is 132 Å². The molecule has 4 nitrogen and oxygen atoms in total. The summed E-state index contributed by atoms with van der Waals surface area (Å²) in [4.78, 5) is 29.2. The van der Waals surface area contributed by atoms with Gasteiger partial charge >= 0.3 is 0 Å². The molecule has 7 heteroatoms. The second-order valence-corrected chi connectivity index (χ2v) is 6.84. The van der Waals surface area contributed by atoms with Crippen molar-refractivity contribution >= 4 is 52.7 Å². The predicted molar refractivity (Wildman–Crippen MR) is 88.0 cm³/mol. The molecule has 2 heterocycles. The van der Waals surface area contributed by atoms with Crippen molar-refractivity contribution in [3.63, 3.8) is 0 Å². The fourth-order valence-electron chi connectivity index (χ4n) is 1.97. The summed E-state index contributed by atoms with van der Waals surface area (Å²) >= 11 is 8.21. The van der Waals surface area contributed by atoms with Gasteiger partial charge < -0.3 is 0 Å². The van der Waals surface area contributed by atoms with E-state index in [0.717, 1.165) is 10.7 Å². The molecule has 1 saturated heterocycles. The van der Waals surface area contributed by atoms with E-state index in [1.165, 1.54) is 38.2 Å². The average Bonchev–Trinajstić information content (AvgIpc) is 2.88. The van der Waals surface area contributed by atoms with Crippen molar-refractivity contribution in [3.05, 3.63) is 20.1 Å². The standard InChI is InChI=1S/C13H16N2O2S3/c1-4-8-7-19-12(20-8)9-10(16)14(5-2)13(18)15(6-3)11(9)17/h7H,4-6H2,1-3H3. The maximum atomic E-state index is 12.5. The van der Waals surface area contributed by atoms with Gasteiger partial charge in [0, 0.05) is 13.1 Å². The Kier molecular flexibility index (Phi) is 4.93. The van der Waals surface area contributed by atoms with Crippen molar-refractivity contribution in [2.45, 2.75) is 27.2 Å². The molecule has 0 unspecified atom stereocenters. The van der Waals surface area contributed by atoms with Crippen LogP contribution in [-0.4, -0.2) is 39.8 Å².